The highest BCUT2D eigenvalue weighted by Gasteiger charge is 2.15. The third kappa shape index (κ3) is 5.51. The molecule has 0 spiro atoms. The summed E-state index contributed by atoms with van der Waals surface area (Å²) in [6.45, 7) is 5.06. The molecule has 4 nitrogen and oxygen atoms in total. The summed E-state index contributed by atoms with van der Waals surface area (Å²) in [7, 11) is 0. The van der Waals surface area contributed by atoms with E-state index < -0.39 is 5.97 Å². The maximum atomic E-state index is 12.0. The number of phenolic OH excluding ortho intramolecular Hbond substituents is 1. The molecule has 112 valence electrons. The first-order chi connectivity index (χ1) is 9.69. The molecular weight excluding hydrogens is 256 g/mol. The van der Waals surface area contributed by atoms with Crippen LogP contribution in [0.4, 0.5) is 0 Å². The predicted octanol–water partition coefficient (Wildman–Crippen LogP) is 3.92. The zero-order chi connectivity index (χ0) is 14.8. The van der Waals surface area contributed by atoms with Crippen LogP contribution in [-0.4, -0.2) is 24.3 Å². The molecule has 0 saturated carbocycles. The van der Waals surface area contributed by atoms with Crippen molar-refractivity contribution in [1.82, 2.24) is 0 Å². The van der Waals surface area contributed by atoms with Crippen molar-refractivity contribution in [2.45, 2.75) is 46.0 Å². The lowest BCUT2D eigenvalue weighted by molar-refractivity contribution is 0.0492. The number of benzene rings is 1. The minimum Gasteiger partial charge on any atom is -0.508 e. The molecule has 1 aromatic carbocycles. The monoisotopic (exact) mass is 280 g/mol. The van der Waals surface area contributed by atoms with Crippen molar-refractivity contribution in [1.29, 1.82) is 0 Å². The Labute approximate surface area is 120 Å². The van der Waals surface area contributed by atoms with Gasteiger partial charge in [-0.05, 0) is 31.0 Å². The third-order valence-electron chi connectivity index (χ3n) is 2.88. The Balaban J connectivity index is 2.58. The first-order valence-electron chi connectivity index (χ1n) is 7.32. The van der Waals surface area contributed by atoms with Crippen molar-refractivity contribution in [3.8, 4) is 11.5 Å². The zero-order valence-electron chi connectivity index (χ0n) is 12.4. The second-order valence-electron chi connectivity index (χ2n) is 4.73. The fourth-order valence-electron chi connectivity index (χ4n) is 1.79. The Morgan fingerprint density at radius 1 is 1.10 bits per heavy atom. The van der Waals surface area contributed by atoms with E-state index in [-0.39, 0.29) is 11.3 Å². The Hall–Kier alpha value is -1.71. The number of unbranched alkanes of at least 4 members (excludes halogenated alkanes) is 3. The molecule has 0 aliphatic carbocycles. The highest BCUT2D eigenvalue weighted by atomic mass is 16.5. The number of phenols is 1. The molecule has 0 amide bonds. The van der Waals surface area contributed by atoms with E-state index in [1.807, 2.05) is 6.92 Å². The molecular formula is C16H24O4. The summed E-state index contributed by atoms with van der Waals surface area (Å²) in [5.41, 5.74) is 0.286. The van der Waals surface area contributed by atoms with Crippen molar-refractivity contribution < 1.29 is 19.4 Å². The highest BCUT2D eigenvalue weighted by Crippen LogP contribution is 2.24. The molecule has 1 N–H and O–H groups in total. The van der Waals surface area contributed by atoms with Gasteiger partial charge in [0, 0.05) is 0 Å². The standard InChI is InChI=1S/C16H24O4/c1-3-5-6-7-11-20-16(18)14-12-13(17)8-9-15(14)19-10-4-2/h8-9,12,17H,3-7,10-11H2,1-2H3. The van der Waals surface area contributed by atoms with Gasteiger partial charge in [0.1, 0.15) is 17.1 Å². The quantitative estimate of drug-likeness (QED) is 0.550. The molecule has 0 aliphatic rings. The van der Waals surface area contributed by atoms with Crippen LogP contribution in [0.2, 0.25) is 0 Å². The van der Waals surface area contributed by atoms with Gasteiger partial charge in [-0.1, -0.05) is 33.1 Å². The number of rotatable bonds is 9. The number of hydrogen-bond donors (Lipinski definition) is 1. The van der Waals surface area contributed by atoms with Gasteiger partial charge in [-0.15, -0.1) is 0 Å². The SMILES string of the molecule is CCCCCCOC(=O)c1cc(O)ccc1OCCC. The third-order valence-corrected chi connectivity index (χ3v) is 2.88. The molecule has 0 atom stereocenters. The van der Waals surface area contributed by atoms with Crippen LogP contribution in [-0.2, 0) is 4.74 Å². The minimum atomic E-state index is -0.441. The largest absolute Gasteiger partial charge is 0.508 e. The van der Waals surface area contributed by atoms with E-state index in [1.165, 1.54) is 12.1 Å². The lowest BCUT2D eigenvalue weighted by Gasteiger charge is -2.11. The average Bonchev–Trinajstić information content (AvgIpc) is 2.45. The number of ether oxygens (including phenoxy) is 2. The van der Waals surface area contributed by atoms with Crippen molar-refractivity contribution in [3.05, 3.63) is 23.8 Å². The van der Waals surface area contributed by atoms with E-state index in [9.17, 15) is 9.90 Å². The Bertz CT molecular complexity index is 415. The van der Waals surface area contributed by atoms with Gasteiger partial charge in [0.15, 0.2) is 0 Å². The van der Waals surface area contributed by atoms with Gasteiger partial charge in [0.2, 0.25) is 0 Å². The summed E-state index contributed by atoms with van der Waals surface area (Å²) >= 11 is 0. The normalized spacial score (nSPS) is 10.3. The number of aromatic hydroxyl groups is 1. The molecule has 1 aromatic rings. The molecule has 0 aliphatic heterocycles. The van der Waals surface area contributed by atoms with Gasteiger partial charge in [-0.25, -0.2) is 4.79 Å². The number of esters is 1. The second kappa shape index (κ2) is 9.23. The maximum absolute atomic E-state index is 12.0. The molecule has 0 aromatic heterocycles. The Morgan fingerprint density at radius 2 is 1.90 bits per heavy atom. The number of hydrogen-bond acceptors (Lipinski definition) is 4. The van der Waals surface area contributed by atoms with Crippen LogP contribution in [0, 0.1) is 0 Å². The van der Waals surface area contributed by atoms with Gasteiger partial charge < -0.3 is 14.6 Å². The first kappa shape index (κ1) is 16.3. The Kier molecular flexibility index (Phi) is 7.55. The van der Waals surface area contributed by atoms with Crippen LogP contribution in [0.5, 0.6) is 11.5 Å². The maximum Gasteiger partial charge on any atom is 0.342 e. The number of carbonyl (C=O) groups excluding carboxylic acids is 1. The van der Waals surface area contributed by atoms with E-state index in [1.54, 1.807) is 6.07 Å². The zero-order valence-corrected chi connectivity index (χ0v) is 12.4. The van der Waals surface area contributed by atoms with Crippen LogP contribution in [0.3, 0.4) is 0 Å². The Morgan fingerprint density at radius 3 is 2.60 bits per heavy atom. The van der Waals surface area contributed by atoms with E-state index in [0.717, 1.165) is 32.1 Å². The summed E-state index contributed by atoms with van der Waals surface area (Å²) in [6.07, 6.45) is 5.07. The van der Waals surface area contributed by atoms with Crippen molar-refractivity contribution in [2.75, 3.05) is 13.2 Å². The fourth-order valence-corrected chi connectivity index (χ4v) is 1.79. The molecule has 20 heavy (non-hydrogen) atoms. The topological polar surface area (TPSA) is 55.8 Å². The lowest BCUT2D eigenvalue weighted by atomic mass is 10.2. The molecule has 0 heterocycles. The van der Waals surface area contributed by atoms with Crippen molar-refractivity contribution >= 4 is 5.97 Å². The molecule has 4 heteroatoms. The van der Waals surface area contributed by atoms with Crippen molar-refractivity contribution in [2.24, 2.45) is 0 Å². The van der Waals surface area contributed by atoms with Gasteiger partial charge in [-0.2, -0.15) is 0 Å². The van der Waals surface area contributed by atoms with Gasteiger partial charge >= 0.3 is 5.97 Å². The van der Waals surface area contributed by atoms with Crippen LogP contribution in [0.15, 0.2) is 18.2 Å². The van der Waals surface area contributed by atoms with Gasteiger partial charge in [0.25, 0.3) is 0 Å². The lowest BCUT2D eigenvalue weighted by Crippen LogP contribution is -2.09. The van der Waals surface area contributed by atoms with E-state index in [2.05, 4.69) is 6.92 Å². The fraction of sp³-hybridized carbons (Fsp3) is 0.562. The van der Waals surface area contributed by atoms with Crippen LogP contribution < -0.4 is 4.74 Å². The predicted molar refractivity (Wildman–Crippen MR) is 78.3 cm³/mol. The van der Waals surface area contributed by atoms with Gasteiger partial charge in [-0.3, -0.25) is 0 Å². The van der Waals surface area contributed by atoms with E-state index in [4.69, 9.17) is 9.47 Å². The van der Waals surface area contributed by atoms with Crippen LogP contribution in [0.1, 0.15) is 56.3 Å². The summed E-state index contributed by atoms with van der Waals surface area (Å²) in [4.78, 5) is 12.0. The summed E-state index contributed by atoms with van der Waals surface area (Å²) in [5, 5.41) is 9.49. The molecule has 0 unspecified atom stereocenters. The molecule has 0 radical (unpaired) electrons. The summed E-state index contributed by atoms with van der Waals surface area (Å²) in [5.74, 6) is 0.0542. The second-order valence-corrected chi connectivity index (χ2v) is 4.73. The number of carbonyl (C=O) groups is 1. The first-order valence-corrected chi connectivity index (χ1v) is 7.32. The summed E-state index contributed by atoms with van der Waals surface area (Å²) in [6, 6.07) is 4.49. The highest BCUT2D eigenvalue weighted by molar-refractivity contribution is 5.93. The van der Waals surface area contributed by atoms with Crippen LogP contribution >= 0.6 is 0 Å². The van der Waals surface area contributed by atoms with E-state index >= 15 is 0 Å². The summed E-state index contributed by atoms with van der Waals surface area (Å²) < 4.78 is 10.7. The molecule has 0 saturated heterocycles. The van der Waals surface area contributed by atoms with E-state index in [0.29, 0.717) is 19.0 Å². The average molecular weight is 280 g/mol. The smallest absolute Gasteiger partial charge is 0.342 e. The molecule has 1 rings (SSSR count). The van der Waals surface area contributed by atoms with Gasteiger partial charge in [0.05, 0.1) is 13.2 Å². The minimum absolute atomic E-state index is 0.0341. The van der Waals surface area contributed by atoms with Crippen LogP contribution in [0.25, 0.3) is 0 Å². The molecule has 0 fully saturated rings. The molecule has 0 bridgehead atoms. The van der Waals surface area contributed by atoms with Crippen molar-refractivity contribution in [3.63, 3.8) is 0 Å².